The van der Waals surface area contributed by atoms with Gasteiger partial charge in [-0.25, -0.2) is 4.98 Å². The molecule has 0 saturated carbocycles. The Hall–Kier alpha value is -2.75. The van der Waals surface area contributed by atoms with Crippen LogP contribution in [0.15, 0.2) is 57.1 Å². The summed E-state index contributed by atoms with van der Waals surface area (Å²) in [6, 6.07) is 10.8. The molecular formula is C22H19N3O3S3. The lowest BCUT2D eigenvalue weighted by molar-refractivity contribution is -0.115. The number of hydrogen-bond acceptors (Lipinski definition) is 7. The highest BCUT2D eigenvalue weighted by Gasteiger charge is 2.17. The molecule has 0 bridgehead atoms. The molecule has 1 amide bonds. The molecule has 9 heteroatoms. The molecular weight excluding hydrogens is 450 g/mol. The fourth-order valence-corrected chi connectivity index (χ4v) is 5.67. The first-order chi connectivity index (χ1) is 15.0. The molecule has 31 heavy (non-hydrogen) atoms. The Morgan fingerprint density at radius 1 is 1.16 bits per heavy atom. The van der Waals surface area contributed by atoms with Gasteiger partial charge in [0.25, 0.3) is 5.56 Å². The fraction of sp³-hybridized carbons (Fsp3) is 0.182. The Labute approximate surface area is 191 Å². The van der Waals surface area contributed by atoms with Gasteiger partial charge in [0.15, 0.2) is 10.9 Å². The van der Waals surface area contributed by atoms with Crippen molar-refractivity contribution in [1.82, 2.24) is 9.55 Å². The zero-order valence-corrected chi connectivity index (χ0v) is 19.3. The van der Waals surface area contributed by atoms with Crippen molar-refractivity contribution < 1.29 is 9.59 Å². The summed E-state index contributed by atoms with van der Waals surface area (Å²) in [5, 5.41) is 7.83. The predicted molar refractivity (Wildman–Crippen MR) is 129 cm³/mol. The van der Waals surface area contributed by atoms with Crippen molar-refractivity contribution in [2.75, 3.05) is 11.1 Å². The van der Waals surface area contributed by atoms with Gasteiger partial charge >= 0.3 is 0 Å². The van der Waals surface area contributed by atoms with E-state index >= 15 is 0 Å². The van der Waals surface area contributed by atoms with Gasteiger partial charge in [0, 0.05) is 40.5 Å². The summed E-state index contributed by atoms with van der Waals surface area (Å²) in [6.07, 6.45) is 0.395. The smallest absolute Gasteiger partial charge is 0.263 e. The SMILES string of the molecule is CCC(=O)Nc1ccc(C(=O)CSc2nc3scc(-c4cccs4)c3c(=O)n2C)cc1. The number of anilines is 1. The van der Waals surface area contributed by atoms with Crippen LogP contribution in [0, 0.1) is 0 Å². The number of carbonyl (C=O) groups excluding carboxylic acids is 2. The first kappa shape index (κ1) is 21.5. The first-order valence-corrected chi connectivity index (χ1v) is 12.3. The van der Waals surface area contributed by atoms with Gasteiger partial charge in [-0.1, -0.05) is 24.8 Å². The summed E-state index contributed by atoms with van der Waals surface area (Å²) in [6.45, 7) is 1.78. The third-order valence-corrected chi connectivity index (χ3v) is 7.51. The maximum atomic E-state index is 13.0. The largest absolute Gasteiger partial charge is 0.326 e. The number of nitrogens with zero attached hydrogens (tertiary/aromatic N) is 2. The van der Waals surface area contributed by atoms with E-state index in [-0.39, 0.29) is 23.0 Å². The molecule has 0 radical (unpaired) electrons. The summed E-state index contributed by atoms with van der Waals surface area (Å²) in [4.78, 5) is 43.4. The Morgan fingerprint density at radius 2 is 1.94 bits per heavy atom. The van der Waals surface area contributed by atoms with Crippen LogP contribution < -0.4 is 10.9 Å². The van der Waals surface area contributed by atoms with Crippen LogP contribution in [0.25, 0.3) is 20.7 Å². The van der Waals surface area contributed by atoms with Crippen LogP contribution in [0.4, 0.5) is 5.69 Å². The topological polar surface area (TPSA) is 81.1 Å². The third kappa shape index (κ3) is 4.48. The van der Waals surface area contributed by atoms with Crippen LogP contribution in [-0.4, -0.2) is 27.0 Å². The minimum Gasteiger partial charge on any atom is -0.326 e. The Balaban J connectivity index is 1.51. The van der Waals surface area contributed by atoms with Crippen molar-refractivity contribution in [3.05, 3.63) is 63.1 Å². The number of nitrogens with one attached hydrogen (secondary N) is 1. The van der Waals surface area contributed by atoms with E-state index in [1.807, 2.05) is 22.9 Å². The number of hydrogen-bond donors (Lipinski definition) is 1. The van der Waals surface area contributed by atoms with Crippen molar-refractivity contribution in [1.29, 1.82) is 0 Å². The third-order valence-electron chi connectivity index (χ3n) is 4.70. The van der Waals surface area contributed by atoms with E-state index in [1.54, 1.807) is 49.6 Å². The predicted octanol–water partition coefficient (Wildman–Crippen LogP) is 5.05. The number of benzene rings is 1. The van der Waals surface area contributed by atoms with Crippen LogP contribution in [0.5, 0.6) is 0 Å². The molecule has 0 unspecified atom stereocenters. The molecule has 0 saturated heterocycles. The Bertz CT molecular complexity index is 1310. The molecule has 0 atom stereocenters. The van der Waals surface area contributed by atoms with E-state index in [9.17, 15) is 14.4 Å². The van der Waals surface area contributed by atoms with Crippen LogP contribution in [0.2, 0.25) is 0 Å². The summed E-state index contributed by atoms with van der Waals surface area (Å²) < 4.78 is 1.51. The highest BCUT2D eigenvalue weighted by Crippen LogP contribution is 2.34. The van der Waals surface area contributed by atoms with Gasteiger partial charge in [0.05, 0.1) is 11.1 Å². The monoisotopic (exact) mass is 469 g/mol. The minimum atomic E-state index is -0.111. The van der Waals surface area contributed by atoms with Crippen molar-refractivity contribution in [3.63, 3.8) is 0 Å². The standard InChI is InChI=1S/C22H19N3O3S3/c1-3-18(27)23-14-8-6-13(7-9-14)16(26)12-31-22-24-20-19(21(28)25(22)2)15(11-30-20)17-5-4-10-29-17/h4-11H,3,12H2,1-2H3,(H,23,27). The number of fused-ring (bicyclic) bond motifs is 1. The number of Topliss-reactive ketones (excluding diaryl/α,β-unsaturated/α-hetero) is 1. The zero-order chi connectivity index (χ0) is 22.0. The quantitative estimate of drug-likeness (QED) is 0.233. The van der Waals surface area contributed by atoms with Crippen LogP contribution in [-0.2, 0) is 11.8 Å². The molecule has 6 nitrogen and oxygen atoms in total. The summed E-state index contributed by atoms with van der Waals surface area (Å²) in [7, 11) is 1.68. The number of ketones is 1. The van der Waals surface area contributed by atoms with Gasteiger partial charge < -0.3 is 5.32 Å². The lowest BCUT2D eigenvalue weighted by Gasteiger charge is -2.08. The summed E-state index contributed by atoms with van der Waals surface area (Å²) >= 11 is 4.27. The number of thiophene rings is 2. The highest BCUT2D eigenvalue weighted by molar-refractivity contribution is 7.99. The number of thioether (sulfide) groups is 1. The van der Waals surface area contributed by atoms with E-state index in [4.69, 9.17) is 0 Å². The molecule has 0 spiro atoms. The van der Waals surface area contributed by atoms with Crippen molar-refractivity contribution in [2.24, 2.45) is 7.05 Å². The number of aromatic nitrogens is 2. The fourth-order valence-electron chi connectivity index (χ4n) is 3.00. The van der Waals surface area contributed by atoms with Gasteiger partial charge in [0.2, 0.25) is 5.91 Å². The molecule has 1 N–H and O–H groups in total. The molecule has 0 aliphatic rings. The van der Waals surface area contributed by atoms with Crippen molar-refractivity contribution in [2.45, 2.75) is 18.5 Å². The van der Waals surface area contributed by atoms with Crippen molar-refractivity contribution in [3.8, 4) is 10.4 Å². The number of carbonyl (C=O) groups is 2. The number of amides is 1. The Morgan fingerprint density at radius 3 is 2.61 bits per heavy atom. The maximum absolute atomic E-state index is 13.0. The second-order valence-electron chi connectivity index (χ2n) is 6.76. The van der Waals surface area contributed by atoms with Gasteiger partial charge in [-0.05, 0) is 35.7 Å². The second kappa shape index (κ2) is 9.17. The molecule has 4 aromatic rings. The average molecular weight is 470 g/mol. The minimum absolute atomic E-state index is 0.0711. The summed E-state index contributed by atoms with van der Waals surface area (Å²) in [5.74, 6) is 0.0151. The van der Waals surface area contributed by atoms with Crippen molar-refractivity contribution >= 4 is 62.0 Å². The van der Waals surface area contributed by atoms with Gasteiger partial charge in [-0.15, -0.1) is 22.7 Å². The van der Waals surface area contributed by atoms with Crippen LogP contribution in [0.3, 0.4) is 0 Å². The van der Waals surface area contributed by atoms with E-state index in [2.05, 4.69) is 10.3 Å². The molecule has 0 aliphatic heterocycles. The van der Waals surface area contributed by atoms with E-state index in [1.165, 1.54) is 27.7 Å². The van der Waals surface area contributed by atoms with Gasteiger partial charge in [-0.2, -0.15) is 0 Å². The molecule has 3 aromatic heterocycles. The Kier molecular flexibility index (Phi) is 6.35. The normalized spacial score (nSPS) is 11.0. The molecule has 0 aliphatic carbocycles. The highest BCUT2D eigenvalue weighted by atomic mass is 32.2. The lowest BCUT2D eigenvalue weighted by Crippen LogP contribution is -2.20. The average Bonchev–Trinajstić information content (AvgIpc) is 3.45. The molecule has 3 heterocycles. The van der Waals surface area contributed by atoms with Gasteiger partial charge in [-0.3, -0.25) is 19.0 Å². The molecule has 0 fully saturated rings. The second-order valence-corrected chi connectivity index (χ2v) is 9.50. The van der Waals surface area contributed by atoms with Gasteiger partial charge in [0.1, 0.15) is 4.83 Å². The summed E-state index contributed by atoms with van der Waals surface area (Å²) in [5.41, 5.74) is 2.00. The van der Waals surface area contributed by atoms with E-state index in [0.29, 0.717) is 33.0 Å². The van der Waals surface area contributed by atoms with E-state index < -0.39 is 0 Å². The van der Waals surface area contributed by atoms with E-state index in [0.717, 1.165) is 10.4 Å². The lowest BCUT2D eigenvalue weighted by atomic mass is 10.1. The first-order valence-electron chi connectivity index (χ1n) is 9.56. The molecule has 158 valence electrons. The van der Waals surface area contributed by atoms with Crippen LogP contribution >= 0.6 is 34.4 Å². The van der Waals surface area contributed by atoms with Crippen LogP contribution in [0.1, 0.15) is 23.7 Å². The zero-order valence-electron chi connectivity index (χ0n) is 16.9. The molecule has 1 aromatic carbocycles. The number of rotatable bonds is 7. The molecule has 4 rings (SSSR count). The maximum Gasteiger partial charge on any atom is 0.263 e.